The van der Waals surface area contributed by atoms with Gasteiger partial charge in [0.05, 0.1) is 6.61 Å². The number of thiazole rings is 1. The number of aromatic nitrogens is 1. The maximum absolute atomic E-state index is 11.7. The van der Waals surface area contributed by atoms with Crippen LogP contribution in [0, 0.1) is 0 Å². The van der Waals surface area contributed by atoms with Crippen LogP contribution in [0.2, 0.25) is 0 Å². The van der Waals surface area contributed by atoms with E-state index in [4.69, 9.17) is 9.47 Å². The summed E-state index contributed by atoms with van der Waals surface area (Å²) >= 11 is 1.42. The van der Waals surface area contributed by atoms with Gasteiger partial charge in [-0.2, -0.15) is 0 Å². The van der Waals surface area contributed by atoms with Gasteiger partial charge in [0, 0.05) is 10.9 Å². The molecule has 0 saturated carbocycles. The van der Waals surface area contributed by atoms with Crippen LogP contribution in [-0.2, 0) is 11.3 Å². The highest BCUT2D eigenvalue weighted by molar-refractivity contribution is 7.13. The lowest BCUT2D eigenvalue weighted by molar-refractivity contribution is 0.0520. The Hall–Kier alpha value is -2.66. The van der Waals surface area contributed by atoms with E-state index in [9.17, 15) is 4.79 Å². The minimum absolute atomic E-state index is 0.346. The molecule has 0 radical (unpaired) electrons. The van der Waals surface area contributed by atoms with Crippen LogP contribution in [0.25, 0.3) is 10.6 Å². The summed E-state index contributed by atoms with van der Waals surface area (Å²) in [6, 6.07) is 17.7. The van der Waals surface area contributed by atoms with E-state index in [1.165, 1.54) is 11.3 Å². The summed E-state index contributed by atoms with van der Waals surface area (Å²) < 4.78 is 10.7. The van der Waals surface area contributed by atoms with Crippen LogP contribution in [0.3, 0.4) is 0 Å². The molecule has 122 valence electrons. The van der Waals surface area contributed by atoms with Gasteiger partial charge in [0.2, 0.25) is 0 Å². The molecule has 0 aliphatic heterocycles. The summed E-state index contributed by atoms with van der Waals surface area (Å²) in [5.41, 5.74) is 2.42. The standard InChI is InChI=1S/C19H17NO3S/c1-2-22-19(21)17-13-24-18(20-17)15-8-10-16(11-9-15)23-12-14-6-4-3-5-7-14/h3-11,13H,2,12H2,1H3. The Kier molecular flexibility index (Phi) is 5.23. The number of carbonyl (C=O) groups excluding carboxylic acids is 1. The van der Waals surface area contributed by atoms with Gasteiger partial charge < -0.3 is 9.47 Å². The van der Waals surface area contributed by atoms with E-state index >= 15 is 0 Å². The van der Waals surface area contributed by atoms with Crippen molar-refractivity contribution in [3.05, 3.63) is 71.2 Å². The molecule has 1 aromatic heterocycles. The van der Waals surface area contributed by atoms with E-state index in [0.29, 0.717) is 18.9 Å². The second-order valence-electron chi connectivity index (χ2n) is 5.06. The SMILES string of the molecule is CCOC(=O)c1csc(-c2ccc(OCc3ccccc3)cc2)n1. The minimum atomic E-state index is -0.386. The number of esters is 1. The lowest BCUT2D eigenvalue weighted by atomic mass is 10.2. The molecule has 0 saturated heterocycles. The van der Waals surface area contributed by atoms with Crippen molar-refractivity contribution >= 4 is 17.3 Å². The first-order valence-corrected chi connectivity index (χ1v) is 8.54. The zero-order valence-electron chi connectivity index (χ0n) is 13.3. The van der Waals surface area contributed by atoms with Gasteiger partial charge in [-0.15, -0.1) is 11.3 Å². The lowest BCUT2D eigenvalue weighted by Gasteiger charge is -2.06. The van der Waals surface area contributed by atoms with Crippen LogP contribution in [0.1, 0.15) is 23.0 Å². The molecule has 0 fully saturated rings. The predicted octanol–water partition coefficient (Wildman–Crippen LogP) is 4.57. The summed E-state index contributed by atoms with van der Waals surface area (Å²) in [6.45, 7) is 2.66. The number of hydrogen-bond donors (Lipinski definition) is 0. The Morgan fingerprint density at radius 1 is 1.08 bits per heavy atom. The average molecular weight is 339 g/mol. The van der Waals surface area contributed by atoms with E-state index in [1.54, 1.807) is 12.3 Å². The van der Waals surface area contributed by atoms with E-state index in [-0.39, 0.29) is 5.97 Å². The van der Waals surface area contributed by atoms with Crippen LogP contribution in [-0.4, -0.2) is 17.6 Å². The molecule has 2 aromatic carbocycles. The second kappa shape index (κ2) is 7.75. The van der Waals surface area contributed by atoms with Gasteiger partial charge in [-0.25, -0.2) is 9.78 Å². The summed E-state index contributed by atoms with van der Waals surface area (Å²) in [6.07, 6.45) is 0. The zero-order chi connectivity index (χ0) is 16.8. The third kappa shape index (κ3) is 4.00. The van der Waals surface area contributed by atoms with Crippen molar-refractivity contribution in [1.82, 2.24) is 4.98 Å². The van der Waals surface area contributed by atoms with Crippen molar-refractivity contribution in [2.45, 2.75) is 13.5 Å². The highest BCUT2D eigenvalue weighted by Gasteiger charge is 2.12. The summed E-state index contributed by atoms with van der Waals surface area (Å²) in [5.74, 6) is 0.410. The number of nitrogens with zero attached hydrogens (tertiary/aromatic N) is 1. The smallest absolute Gasteiger partial charge is 0.357 e. The number of rotatable bonds is 6. The van der Waals surface area contributed by atoms with Crippen molar-refractivity contribution in [3.63, 3.8) is 0 Å². The van der Waals surface area contributed by atoms with Crippen LogP contribution in [0.15, 0.2) is 60.0 Å². The molecule has 5 heteroatoms. The predicted molar refractivity (Wildman–Crippen MR) is 94.3 cm³/mol. The Balaban J connectivity index is 1.65. The van der Waals surface area contributed by atoms with Crippen molar-refractivity contribution in [2.75, 3.05) is 6.61 Å². The van der Waals surface area contributed by atoms with Crippen LogP contribution in [0.4, 0.5) is 0 Å². The van der Waals surface area contributed by atoms with Crippen molar-refractivity contribution < 1.29 is 14.3 Å². The topological polar surface area (TPSA) is 48.4 Å². The van der Waals surface area contributed by atoms with Crippen LogP contribution >= 0.6 is 11.3 Å². The van der Waals surface area contributed by atoms with Crippen LogP contribution in [0.5, 0.6) is 5.75 Å². The van der Waals surface area contributed by atoms with Gasteiger partial charge in [0.25, 0.3) is 0 Å². The third-order valence-electron chi connectivity index (χ3n) is 3.34. The van der Waals surface area contributed by atoms with E-state index in [0.717, 1.165) is 21.9 Å². The molecule has 0 spiro atoms. The molecule has 4 nitrogen and oxygen atoms in total. The average Bonchev–Trinajstić information content (AvgIpc) is 3.12. The third-order valence-corrected chi connectivity index (χ3v) is 4.23. The maximum atomic E-state index is 11.7. The highest BCUT2D eigenvalue weighted by atomic mass is 32.1. The maximum Gasteiger partial charge on any atom is 0.357 e. The number of carbonyl (C=O) groups is 1. The Morgan fingerprint density at radius 3 is 2.54 bits per heavy atom. The molecule has 24 heavy (non-hydrogen) atoms. The van der Waals surface area contributed by atoms with Crippen LogP contribution < -0.4 is 4.74 Å². The van der Waals surface area contributed by atoms with Crippen molar-refractivity contribution in [3.8, 4) is 16.3 Å². The molecule has 1 heterocycles. The van der Waals surface area contributed by atoms with E-state index in [1.807, 2.05) is 54.6 Å². The van der Waals surface area contributed by atoms with E-state index in [2.05, 4.69) is 4.98 Å². The van der Waals surface area contributed by atoms with Gasteiger partial charge >= 0.3 is 5.97 Å². The summed E-state index contributed by atoms with van der Waals surface area (Å²) in [5, 5.41) is 2.50. The minimum Gasteiger partial charge on any atom is -0.489 e. The molecule has 3 rings (SSSR count). The molecule has 3 aromatic rings. The monoisotopic (exact) mass is 339 g/mol. The molecular formula is C19H17NO3S. The van der Waals surface area contributed by atoms with Gasteiger partial charge in [-0.1, -0.05) is 30.3 Å². The normalized spacial score (nSPS) is 10.4. The molecule has 0 aliphatic rings. The summed E-state index contributed by atoms with van der Waals surface area (Å²) in [7, 11) is 0. The van der Waals surface area contributed by atoms with Gasteiger partial charge in [-0.05, 0) is 36.8 Å². The molecule has 0 aliphatic carbocycles. The number of ether oxygens (including phenoxy) is 2. The Labute approximate surface area is 144 Å². The van der Waals surface area contributed by atoms with Crippen molar-refractivity contribution in [1.29, 1.82) is 0 Å². The largest absolute Gasteiger partial charge is 0.489 e. The Morgan fingerprint density at radius 2 is 1.83 bits per heavy atom. The Bertz CT molecular complexity index is 797. The fourth-order valence-corrected chi connectivity index (χ4v) is 2.94. The highest BCUT2D eigenvalue weighted by Crippen LogP contribution is 2.26. The van der Waals surface area contributed by atoms with Gasteiger partial charge in [-0.3, -0.25) is 0 Å². The first-order chi connectivity index (χ1) is 11.8. The first-order valence-electron chi connectivity index (χ1n) is 7.66. The molecule has 0 amide bonds. The number of hydrogen-bond acceptors (Lipinski definition) is 5. The van der Waals surface area contributed by atoms with Gasteiger partial charge in [0.1, 0.15) is 17.4 Å². The van der Waals surface area contributed by atoms with E-state index < -0.39 is 0 Å². The second-order valence-corrected chi connectivity index (χ2v) is 5.92. The lowest BCUT2D eigenvalue weighted by Crippen LogP contribution is -2.04. The molecular weight excluding hydrogens is 322 g/mol. The quantitative estimate of drug-likeness (QED) is 0.618. The summed E-state index contributed by atoms with van der Waals surface area (Å²) in [4.78, 5) is 16.0. The molecule has 0 bridgehead atoms. The number of benzene rings is 2. The molecule has 0 atom stereocenters. The first kappa shape index (κ1) is 16.2. The van der Waals surface area contributed by atoms with Gasteiger partial charge in [0.15, 0.2) is 5.69 Å². The fraction of sp³-hybridized carbons (Fsp3) is 0.158. The molecule has 0 unspecified atom stereocenters. The fourth-order valence-electron chi connectivity index (χ4n) is 2.14. The molecule has 0 N–H and O–H groups in total. The van der Waals surface area contributed by atoms with Crippen molar-refractivity contribution in [2.24, 2.45) is 0 Å². The zero-order valence-corrected chi connectivity index (χ0v) is 14.1.